The summed E-state index contributed by atoms with van der Waals surface area (Å²) < 4.78 is 34.4. The first kappa shape index (κ1) is 23.8. The lowest BCUT2D eigenvalue weighted by Gasteiger charge is -2.26. The van der Waals surface area contributed by atoms with Crippen molar-refractivity contribution in [2.75, 3.05) is 16.7 Å². The second-order valence-electron chi connectivity index (χ2n) is 7.52. The van der Waals surface area contributed by atoms with Gasteiger partial charge in [-0.2, -0.15) is 0 Å². The van der Waals surface area contributed by atoms with Crippen LogP contribution < -0.4 is 14.4 Å². The molecule has 0 atom stereocenters. The van der Waals surface area contributed by atoms with E-state index in [9.17, 15) is 18.3 Å². The number of methoxy groups -OCH3 is 1. The fourth-order valence-corrected chi connectivity index (χ4v) is 4.99. The standard InChI is InChI=1S/C26H23N3O5S/c1-34-24-15-6-5-13-22(24)29(18-19-9-3-2-4-10-19)35(32,33)21-12-7-11-20(17-21)26(31)28-25-23(30)14-8-16-27-25/h2-17,30H,18H2,1H3,(H,27,28,31). The number of carbonyl (C=O) groups excluding carboxylic acids is 1. The molecule has 0 aliphatic carbocycles. The molecule has 0 saturated heterocycles. The Morgan fingerprint density at radius 3 is 2.46 bits per heavy atom. The fraction of sp³-hybridized carbons (Fsp3) is 0.0769. The molecule has 3 aromatic carbocycles. The van der Waals surface area contributed by atoms with E-state index in [0.29, 0.717) is 11.4 Å². The van der Waals surface area contributed by atoms with E-state index in [-0.39, 0.29) is 28.6 Å². The molecule has 2 N–H and O–H groups in total. The number of hydrogen-bond acceptors (Lipinski definition) is 6. The second-order valence-corrected chi connectivity index (χ2v) is 9.38. The van der Waals surface area contributed by atoms with Gasteiger partial charge in [0.15, 0.2) is 11.6 Å². The number of benzene rings is 3. The normalized spacial score (nSPS) is 11.0. The molecule has 0 aliphatic heterocycles. The molecule has 9 heteroatoms. The molecule has 4 rings (SSSR count). The summed E-state index contributed by atoms with van der Waals surface area (Å²) in [6.07, 6.45) is 1.42. The zero-order valence-corrected chi connectivity index (χ0v) is 19.6. The number of aromatic hydroxyl groups is 1. The minimum Gasteiger partial charge on any atom is -0.504 e. The number of carbonyl (C=O) groups is 1. The number of nitrogens with zero attached hydrogens (tertiary/aromatic N) is 2. The summed E-state index contributed by atoms with van der Waals surface area (Å²) in [7, 11) is -2.64. The molecule has 1 aromatic heterocycles. The Kier molecular flexibility index (Phi) is 6.98. The van der Waals surface area contributed by atoms with E-state index in [0.717, 1.165) is 5.56 Å². The number of ether oxygens (including phenoxy) is 1. The van der Waals surface area contributed by atoms with Crippen molar-refractivity contribution in [1.82, 2.24) is 4.98 Å². The molecule has 0 saturated carbocycles. The average molecular weight is 490 g/mol. The van der Waals surface area contributed by atoms with Crippen LogP contribution in [0, 0.1) is 0 Å². The lowest BCUT2D eigenvalue weighted by Crippen LogP contribution is -2.31. The molecule has 0 fully saturated rings. The summed E-state index contributed by atoms with van der Waals surface area (Å²) >= 11 is 0. The van der Waals surface area contributed by atoms with Gasteiger partial charge in [-0.05, 0) is 48.0 Å². The van der Waals surface area contributed by atoms with Gasteiger partial charge in [-0.3, -0.25) is 9.10 Å². The van der Waals surface area contributed by atoms with Crippen LogP contribution in [0.15, 0.2) is 102 Å². The third-order valence-corrected chi connectivity index (χ3v) is 6.98. The van der Waals surface area contributed by atoms with E-state index in [4.69, 9.17) is 4.74 Å². The van der Waals surface area contributed by atoms with Gasteiger partial charge in [0.25, 0.3) is 15.9 Å². The number of anilines is 2. The first-order chi connectivity index (χ1) is 16.9. The van der Waals surface area contributed by atoms with E-state index in [1.165, 1.54) is 54.0 Å². The van der Waals surface area contributed by atoms with E-state index >= 15 is 0 Å². The Morgan fingerprint density at radius 1 is 0.971 bits per heavy atom. The summed E-state index contributed by atoms with van der Waals surface area (Å²) in [6.45, 7) is 0.0573. The molecule has 0 aliphatic rings. The van der Waals surface area contributed by atoms with Gasteiger partial charge >= 0.3 is 0 Å². The monoisotopic (exact) mass is 489 g/mol. The maximum atomic E-state index is 13.9. The van der Waals surface area contributed by atoms with Crippen LogP contribution in [-0.4, -0.2) is 31.5 Å². The lowest BCUT2D eigenvalue weighted by molar-refractivity contribution is 0.102. The van der Waals surface area contributed by atoms with E-state index in [2.05, 4.69) is 10.3 Å². The van der Waals surface area contributed by atoms with Gasteiger partial charge in [0, 0.05) is 11.8 Å². The molecule has 1 amide bonds. The van der Waals surface area contributed by atoms with Gasteiger partial charge < -0.3 is 15.2 Å². The topological polar surface area (TPSA) is 109 Å². The van der Waals surface area contributed by atoms with Crippen molar-refractivity contribution in [3.63, 3.8) is 0 Å². The van der Waals surface area contributed by atoms with Crippen molar-refractivity contribution in [3.8, 4) is 11.5 Å². The fourth-order valence-electron chi connectivity index (χ4n) is 3.48. The number of para-hydroxylation sites is 2. The van der Waals surface area contributed by atoms with Crippen LogP contribution in [0.3, 0.4) is 0 Å². The zero-order valence-electron chi connectivity index (χ0n) is 18.8. The van der Waals surface area contributed by atoms with Gasteiger partial charge in [0.2, 0.25) is 0 Å². The highest BCUT2D eigenvalue weighted by molar-refractivity contribution is 7.92. The summed E-state index contributed by atoms with van der Waals surface area (Å²) in [5.41, 5.74) is 1.24. The second kappa shape index (κ2) is 10.3. The van der Waals surface area contributed by atoms with Gasteiger partial charge in [0.05, 0.1) is 24.2 Å². The van der Waals surface area contributed by atoms with Crippen LogP contribution in [0.4, 0.5) is 11.5 Å². The van der Waals surface area contributed by atoms with Gasteiger partial charge in [-0.25, -0.2) is 13.4 Å². The van der Waals surface area contributed by atoms with Crippen LogP contribution in [0.2, 0.25) is 0 Å². The number of hydrogen-bond donors (Lipinski definition) is 2. The maximum Gasteiger partial charge on any atom is 0.264 e. The Labute approximate surface area is 203 Å². The van der Waals surface area contributed by atoms with E-state index in [1.54, 1.807) is 24.3 Å². The predicted molar refractivity (Wildman–Crippen MR) is 133 cm³/mol. The summed E-state index contributed by atoms with van der Waals surface area (Å²) in [5, 5.41) is 12.4. The molecule has 0 unspecified atom stereocenters. The van der Waals surface area contributed by atoms with Crippen LogP contribution in [0.1, 0.15) is 15.9 Å². The van der Waals surface area contributed by atoms with E-state index in [1.807, 2.05) is 30.3 Å². The molecule has 0 spiro atoms. The maximum absolute atomic E-state index is 13.9. The first-order valence-electron chi connectivity index (χ1n) is 10.7. The number of pyridine rings is 1. The Hall–Kier alpha value is -4.37. The smallest absolute Gasteiger partial charge is 0.264 e. The van der Waals surface area contributed by atoms with Gasteiger partial charge in [-0.15, -0.1) is 0 Å². The number of amides is 1. The molecule has 4 aromatic rings. The van der Waals surface area contributed by atoms with Crippen LogP contribution in [-0.2, 0) is 16.6 Å². The highest BCUT2D eigenvalue weighted by Crippen LogP contribution is 2.34. The zero-order chi connectivity index (χ0) is 24.8. The van der Waals surface area contributed by atoms with Gasteiger partial charge in [0.1, 0.15) is 5.75 Å². The minimum atomic E-state index is -4.11. The van der Waals surface area contributed by atoms with Crippen LogP contribution in [0.5, 0.6) is 11.5 Å². The quantitative estimate of drug-likeness (QED) is 0.379. The highest BCUT2D eigenvalue weighted by atomic mass is 32.2. The minimum absolute atomic E-state index is 0.0227. The number of sulfonamides is 1. The average Bonchev–Trinajstić information content (AvgIpc) is 2.89. The van der Waals surface area contributed by atoms with Gasteiger partial charge in [-0.1, -0.05) is 48.5 Å². The Balaban J connectivity index is 1.73. The number of aromatic nitrogens is 1. The molecule has 178 valence electrons. The van der Waals surface area contributed by atoms with Crippen LogP contribution in [0.25, 0.3) is 0 Å². The lowest BCUT2D eigenvalue weighted by atomic mass is 10.2. The van der Waals surface area contributed by atoms with Crippen molar-refractivity contribution in [1.29, 1.82) is 0 Å². The summed E-state index contributed by atoms with van der Waals surface area (Å²) in [6, 6.07) is 24.6. The van der Waals surface area contributed by atoms with Crippen molar-refractivity contribution in [2.45, 2.75) is 11.4 Å². The van der Waals surface area contributed by atoms with E-state index < -0.39 is 15.9 Å². The molecule has 0 radical (unpaired) electrons. The summed E-state index contributed by atoms with van der Waals surface area (Å²) in [4.78, 5) is 16.6. The Morgan fingerprint density at radius 2 is 1.71 bits per heavy atom. The number of rotatable bonds is 8. The summed E-state index contributed by atoms with van der Waals surface area (Å²) in [5.74, 6) is -0.435. The molecular weight excluding hydrogens is 466 g/mol. The highest BCUT2D eigenvalue weighted by Gasteiger charge is 2.28. The first-order valence-corrected chi connectivity index (χ1v) is 12.1. The molecule has 35 heavy (non-hydrogen) atoms. The van der Waals surface area contributed by atoms with Crippen molar-refractivity contribution in [3.05, 3.63) is 108 Å². The number of nitrogens with one attached hydrogen (secondary N) is 1. The predicted octanol–water partition coefficient (Wildman–Crippen LogP) is 4.44. The molecule has 8 nitrogen and oxygen atoms in total. The molecular formula is C26H23N3O5S. The third kappa shape index (κ3) is 5.25. The van der Waals surface area contributed by atoms with Crippen molar-refractivity contribution < 1.29 is 23.1 Å². The molecule has 0 bridgehead atoms. The largest absolute Gasteiger partial charge is 0.504 e. The van der Waals surface area contributed by atoms with Crippen molar-refractivity contribution >= 4 is 27.4 Å². The SMILES string of the molecule is COc1ccccc1N(Cc1ccccc1)S(=O)(=O)c1cccc(C(=O)Nc2ncccc2O)c1. The molecule has 1 heterocycles. The Bertz CT molecular complexity index is 1440. The van der Waals surface area contributed by atoms with Crippen LogP contribution >= 0.6 is 0 Å². The third-order valence-electron chi connectivity index (χ3n) is 5.23. The van der Waals surface area contributed by atoms with Crippen molar-refractivity contribution in [2.24, 2.45) is 0 Å².